The summed E-state index contributed by atoms with van der Waals surface area (Å²) in [6, 6.07) is 36.1. The van der Waals surface area contributed by atoms with Crippen molar-refractivity contribution in [3.05, 3.63) is 162 Å². The largest absolute Gasteiger partial charge is 0.459 e. The third-order valence-electron chi connectivity index (χ3n) is 13.2. The van der Waals surface area contributed by atoms with E-state index in [4.69, 9.17) is 24.2 Å². The van der Waals surface area contributed by atoms with Gasteiger partial charge in [0.1, 0.15) is 36.2 Å². The van der Waals surface area contributed by atoms with E-state index in [1.165, 1.54) is 0 Å². The van der Waals surface area contributed by atoms with Crippen molar-refractivity contribution in [3.8, 4) is 17.2 Å². The normalized spacial score (nSPS) is 22.5. The van der Waals surface area contributed by atoms with Gasteiger partial charge in [0.05, 0.1) is 18.2 Å². The van der Waals surface area contributed by atoms with Gasteiger partial charge in [0.15, 0.2) is 0 Å². The number of aldehydes is 1. The number of aliphatic hydroxyl groups is 2. The Bertz CT molecular complexity index is 2500. The molecule has 2 N–H and O–H groups in total. The molecule has 5 aromatic carbocycles. The Balaban J connectivity index is 1.33. The quantitative estimate of drug-likeness (QED) is 0.0323. The van der Waals surface area contributed by atoms with Crippen LogP contribution in [0, 0.1) is 17.8 Å². The van der Waals surface area contributed by atoms with E-state index in [0.29, 0.717) is 60.6 Å². The van der Waals surface area contributed by atoms with Crippen molar-refractivity contribution in [2.45, 2.75) is 82.6 Å². The number of carbonyl (C=O) groups is 2. The minimum Gasteiger partial charge on any atom is -0.459 e. The number of rotatable bonds is 21. The van der Waals surface area contributed by atoms with Gasteiger partial charge in [-0.2, -0.15) is 0 Å². The lowest BCUT2D eigenvalue weighted by Crippen LogP contribution is -2.70. The van der Waals surface area contributed by atoms with Crippen molar-refractivity contribution in [3.63, 3.8) is 0 Å². The maximum Gasteiger partial charge on any atom is 0.254 e. The molecule has 10 nitrogen and oxygen atoms in total. The molecule has 0 aromatic heterocycles. The molecule has 10 heteroatoms. The number of hydrogen-bond acceptors (Lipinski definition) is 9. The van der Waals surface area contributed by atoms with E-state index >= 15 is 4.79 Å². The number of hydrogen-bond donors (Lipinski definition) is 2. The lowest BCUT2D eigenvalue weighted by molar-refractivity contribution is -0.254. The number of carbonyl (C=O) groups excluding carboxylic acids is 2. The summed E-state index contributed by atoms with van der Waals surface area (Å²) >= 11 is 0. The van der Waals surface area contributed by atoms with Gasteiger partial charge in [0, 0.05) is 48.8 Å². The van der Waals surface area contributed by atoms with Gasteiger partial charge in [-0.3, -0.25) is 9.59 Å². The molecule has 2 aliphatic carbocycles. The zero-order chi connectivity index (χ0) is 45.2. The number of amides is 1. The highest BCUT2D eigenvalue weighted by molar-refractivity contribution is 6.04. The van der Waals surface area contributed by atoms with Crippen LogP contribution in [0.25, 0.3) is 10.8 Å². The van der Waals surface area contributed by atoms with Gasteiger partial charge in [0.2, 0.25) is 5.79 Å². The Hall–Kier alpha value is -6.07. The molecule has 1 fully saturated rings. The Morgan fingerprint density at radius 1 is 0.877 bits per heavy atom. The Morgan fingerprint density at radius 3 is 2.42 bits per heavy atom. The first kappa shape index (κ1) is 45.5. The maximum absolute atomic E-state index is 15.3. The summed E-state index contributed by atoms with van der Waals surface area (Å²) in [5.74, 6) is -0.379. The topological polar surface area (TPSA) is 127 Å². The Morgan fingerprint density at radius 2 is 1.65 bits per heavy atom. The molecule has 65 heavy (non-hydrogen) atoms. The van der Waals surface area contributed by atoms with Crippen LogP contribution >= 0.6 is 0 Å². The molecule has 1 amide bonds. The second-order valence-electron chi connectivity index (χ2n) is 17.4. The highest BCUT2D eigenvalue weighted by atomic mass is 16.7. The standard InChI is InChI=1S/C55H60N2O8/c1-3-27-57(54(61)43-24-23-40-18-8-9-19-41(40)32-43)51-35-49(56-63-37-38-15-6-5-7-16-38)47-33-42(20-10-12-28-58)46(22-11-13-29-59)52-48-34-45(64-44-21-14-17-39(31-44)36-60)25-26-50(48)65-55(51,53(47)52)62-30-4-2/h4-9,14-19,21,23-26,31-34,36,42,46,51-53,58-59H,2-3,10-13,20,22,27-30,35,37H2,1H3/t42-,46+,51-,52+,53+,55+/m0/s1. The van der Waals surface area contributed by atoms with Gasteiger partial charge >= 0.3 is 0 Å². The van der Waals surface area contributed by atoms with Crippen LogP contribution in [0.5, 0.6) is 17.2 Å². The number of oxime groups is 1. The van der Waals surface area contributed by atoms with Crippen LogP contribution in [0.3, 0.4) is 0 Å². The lowest BCUT2D eigenvalue weighted by Gasteiger charge is -2.60. The zero-order valence-electron chi connectivity index (χ0n) is 37.2. The average molecular weight is 877 g/mol. The molecule has 1 aliphatic heterocycles. The van der Waals surface area contributed by atoms with E-state index in [-0.39, 0.29) is 50.1 Å². The van der Waals surface area contributed by atoms with Crippen molar-refractivity contribution in [1.82, 2.24) is 4.90 Å². The molecule has 6 atom stereocenters. The van der Waals surface area contributed by atoms with Gasteiger partial charge < -0.3 is 34.2 Å². The molecule has 1 heterocycles. The summed E-state index contributed by atoms with van der Waals surface area (Å²) < 4.78 is 21.1. The van der Waals surface area contributed by atoms with Crippen LogP contribution in [0.2, 0.25) is 0 Å². The average Bonchev–Trinajstić information content (AvgIpc) is 3.34. The van der Waals surface area contributed by atoms with Crippen LogP contribution in [0.1, 0.15) is 96.1 Å². The van der Waals surface area contributed by atoms with Gasteiger partial charge in [-0.25, -0.2) is 0 Å². The Labute approximate surface area is 382 Å². The van der Waals surface area contributed by atoms with Crippen LogP contribution in [-0.4, -0.2) is 71.2 Å². The fourth-order valence-corrected chi connectivity index (χ4v) is 10.4. The first-order chi connectivity index (χ1) is 31.9. The first-order valence-electron chi connectivity index (χ1n) is 23.2. The minimum atomic E-state index is -1.40. The lowest BCUT2D eigenvalue weighted by atomic mass is 9.55. The van der Waals surface area contributed by atoms with Crippen molar-refractivity contribution < 1.29 is 38.9 Å². The van der Waals surface area contributed by atoms with Crippen LogP contribution in [-0.2, 0) is 16.2 Å². The molecule has 0 unspecified atom stereocenters. The number of unbranched alkanes of at least 4 members (excludes halogenated alkanes) is 2. The molecule has 0 saturated heterocycles. The van der Waals surface area contributed by atoms with Gasteiger partial charge in [-0.15, -0.1) is 6.58 Å². The number of nitrogens with zero attached hydrogens (tertiary/aromatic N) is 2. The van der Waals surface area contributed by atoms with E-state index in [0.717, 1.165) is 65.2 Å². The number of aliphatic hydroxyl groups excluding tert-OH is 2. The molecule has 3 aliphatic rings. The third-order valence-corrected chi connectivity index (χ3v) is 13.2. The van der Waals surface area contributed by atoms with E-state index in [1.807, 2.05) is 102 Å². The van der Waals surface area contributed by atoms with Crippen molar-refractivity contribution >= 4 is 28.7 Å². The molecule has 0 bridgehead atoms. The number of ether oxygens (including phenoxy) is 3. The van der Waals surface area contributed by atoms with Crippen molar-refractivity contribution in [1.29, 1.82) is 0 Å². The number of benzene rings is 5. The molecular formula is C55H60N2O8. The van der Waals surface area contributed by atoms with E-state index in [1.54, 1.807) is 24.3 Å². The fraction of sp³-hybridized carbons (Fsp3) is 0.364. The predicted octanol–water partition coefficient (Wildman–Crippen LogP) is 10.8. The van der Waals surface area contributed by atoms with E-state index < -0.39 is 17.7 Å². The minimum absolute atomic E-state index is 0.0399. The van der Waals surface area contributed by atoms with Crippen LogP contribution < -0.4 is 9.47 Å². The monoisotopic (exact) mass is 876 g/mol. The highest BCUT2D eigenvalue weighted by Gasteiger charge is 2.65. The number of allylic oxidation sites excluding steroid dienone is 1. The van der Waals surface area contributed by atoms with Gasteiger partial charge in [0.25, 0.3) is 5.91 Å². The van der Waals surface area contributed by atoms with E-state index in [9.17, 15) is 15.0 Å². The summed E-state index contributed by atoms with van der Waals surface area (Å²) in [5.41, 5.74) is 4.69. The summed E-state index contributed by atoms with van der Waals surface area (Å²) in [7, 11) is 0. The van der Waals surface area contributed by atoms with Crippen molar-refractivity contribution in [2.75, 3.05) is 26.4 Å². The van der Waals surface area contributed by atoms with Crippen LogP contribution in [0.15, 0.2) is 145 Å². The summed E-state index contributed by atoms with van der Waals surface area (Å²) in [4.78, 5) is 35.2. The number of fused-ring (bicyclic) bond motifs is 3. The van der Waals surface area contributed by atoms with Gasteiger partial charge in [-0.1, -0.05) is 110 Å². The molecule has 1 saturated carbocycles. The second-order valence-corrected chi connectivity index (χ2v) is 17.4. The summed E-state index contributed by atoms with van der Waals surface area (Å²) in [6.45, 7) is 7.19. The molecule has 5 aromatic rings. The summed E-state index contributed by atoms with van der Waals surface area (Å²) in [6.07, 6.45) is 10.4. The maximum atomic E-state index is 15.3. The molecule has 0 spiro atoms. The smallest absolute Gasteiger partial charge is 0.254 e. The van der Waals surface area contributed by atoms with Crippen molar-refractivity contribution in [2.24, 2.45) is 22.9 Å². The SMILES string of the molecule is C=CCO[C@@]12Oc3ccc(Oc4cccc(C=O)c4)cc3[C@H]3[C@H](CCCCO)[C@@H](CCCCO)C=C(C(=NOCc4ccccc4)C[C@@H]1N(CCC)C(=O)c1ccc4ccccc4c1)[C@H]32. The first-order valence-corrected chi connectivity index (χ1v) is 23.2. The summed E-state index contributed by atoms with van der Waals surface area (Å²) in [5, 5.41) is 27.0. The van der Waals surface area contributed by atoms with Crippen LogP contribution in [0.4, 0.5) is 0 Å². The fourth-order valence-electron chi connectivity index (χ4n) is 10.4. The zero-order valence-corrected chi connectivity index (χ0v) is 37.2. The predicted molar refractivity (Wildman–Crippen MR) is 253 cm³/mol. The molecule has 338 valence electrons. The van der Waals surface area contributed by atoms with E-state index in [2.05, 4.69) is 19.6 Å². The second kappa shape index (κ2) is 21.3. The highest BCUT2D eigenvalue weighted by Crippen LogP contribution is 2.62. The molecular weight excluding hydrogens is 817 g/mol. The molecule has 0 radical (unpaired) electrons. The molecule has 8 rings (SSSR count). The van der Waals surface area contributed by atoms with Gasteiger partial charge in [-0.05, 0) is 108 Å². The Kier molecular flexibility index (Phi) is 14.9. The third kappa shape index (κ3) is 9.81.